The molecule has 7 rings (SSSR count). The van der Waals surface area contributed by atoms with E-state index in [0.717, 1.165) is 12.8 Å². The lowest BCUT2D eigenvalue weighted by Gasteiger charge is -2.47. The molecule has 2 heterocycles. The maximum atomic E-state index is 2.51. The molecule has 1 atom stereocenters. The first-order valence-corrected chi connectivity index (χ1v) is 13.6. The summed E-state index contributed by atoms with van der Waals surface area (Å²) in [6.07, 6.45) is 15.7. The summed E-state index contributed by atoms with van der Waals surface area (Å²) in [4.78, 5) is 7.35. The molecule has 1 aliphatic carbocycles. The highest BCUT2D eigenvalue weighted by molar-refractivity contribution is 5.71. The lowest BCUT2D eigenvalue weighted by atomic mass is 9.98. The molecule has 2 bridgehead atoms. The molecule has 2 aliphatic heterocycles. The highest BCUT2D eigenvalue weighted by atomic mass is 15.4. The Labute approximate surface area is 230 Å². The van der Waals surface area contributed by atoms with E-state index in [-0.39, 0.29) is 5.66 Å². The molecule has 3 heteroatoms. The summed E-state index contributed by atoms with van der Waals surface area (Å²) in [6.45, 7) is 0. The van der Waals surface area contributed by atoms with Gasteiger partial charge in [0.05, 0.1) is 6.04 Å². The summed E-state index contributed by atoms with van der Waals surface area (Å²) in [5.41, 5.74) is 6.86. The standard InChI is InChI=1S/C36H30N3/c1-5-13-29(14-6-1)37(30-15-7-2-8-16-30)31-21-23-34(24-22-31)39-35-25-27-36(39,28-26-35)38(32-17-9-3-10-18-32)33-19-11-4-12-20-33/h1-21,23-27H,22,28H2. The fraction of sp³-hybridized carbons (Fsp3) is 0.0833. The van der Waals surface area contributed by atoms with Crippen LogP contribution in [-0.2, 0) is 0 Å². The monoisotopic (exact) mass is 504 g/mol. The topological polar surface area (TPSA) is 9.72 Å². The molecule has 4 aromatic rings. The van der Waals surface area contributed by atoms with Crippen LogP contribution < -0.4 is 9.80 Å². The predicted octanol–water partition coefficient (Wildman–Crippen LogP) is 8.89. The number of hydrogen-bond donors (Lipinski definition) is 0. The van der Waals surface area contributed by atoms with Crippen molar-refractivity contribution in [2.24, 2.45) is 0 Å². The second-order valence-electron chi connectivity index (χ2n) is 10.1. The van der Waals surface area contributed by atoms with Crippen LogP contribution in [0.1, 0.15) is 12.8 Å². The van der Waals surface area contributed by atoms with Gasteiger partial charge in [-0.1, -0.05) is 91.0 Å². The van der Waals surface area contributed by atoms with Crippen molar-refractivity contribution in [1.29, 1.82) is 0 Å². The predicted molar refractivity (Wildman–Crippen MR) is 162 cm³/mol. The maximum Gasteiger partial charge on any atom is 0.145 e. The van der Waals surface area contributed by atoms with Gasteiger partial charge in [0.25, 0.3) is 0 Å². The molecule has 3 aliphatic rings. The van der Waals surface area contributed by atoms with Crippen LogP contribution in [0.5, 0.6) is 0 Å². The van der Waals surface area contributed by atoms with Crippen molar-refractivity contribution in [3.63, 3.8) is 0 Å². The Morgan fingerprint density at radius 2 is 1.00 bits per heavy atom. The molecule has 0 saturated carbocycles. The average Bonchev–Trinajstić information content (AvgIpc) is 3.56. The van der Waals surface area contributed by atoms with Gasteiger partial charge in [-0.3, -0.25) is 0 Å². The molecule has 0 N–H and O–H groups in total. The highest BCUT2D eigenvalue weighted by Gasteiger charge is 2.49. The van der Waals surface area contributed by atoms with Gasteiger partial charge in [-0.25, -0.2) is 0 Å². The van der Waals surface area contributed by atoms with Crippen LogP contribution >= 0.6 is 0 Å². The van der Waals surface area contributed by atoms with Gasteiger partial charge >= 0.3 is 0 Å². The Kier molecular flexibility index (Phi) is 5.90. The first kappa shape index (κ1) is 23.4. The van der Waals surface area contributed by atoms with E-state index in [1.54, 1.807) is 0 Å². The fourth-order valence-electron chi connectivity index (χ4n) is 6.05. The van der Waals surface area contributed by atoms with E-state index in [4.69, 9.17) is 0 Å². The van der Waals surface area contributed by atoms with Gasteiger partial charge < -0.3 is 14.7 Å². The van der Waals surface area contributed by atoms with Crippen LogP contribution in [0.25, 0.3) is 0 Å². The van der Waals surface area contributed by atoms with Crippen LogP contribution in [0.15, 0.2) is 169 Å². The van der Waals surface area contributed by atoms with Gasteiger partial charge in [0.2, 0.25) is 0 Å². The van der Waals surface area contributed by atoms with Gasteiger partial charge in [0, 0.05) is 40.6 Å². The van der Waals surface area contributed by atoms with Crippen LogP contribution in [0, 0.1) is 6.04 Å². The molecule has 0 saturated heterocycles. The van der Waals surface area contributed by atoms with Gasteiger partial charge in [-0.15, -0.1) is 0 Å². The number of nitrogens with zero attached hydrogens (tertiary/aromatic N) is 3. The van der Waals surface area contributed by atoms with E-state index in [1.165, 1.54) is 40.2 Å². The smallest absolute Gasteiger partial charge is 0.145 e. The first-order chi connectivity index (χ1) is 19.3. The molecule has 0 amide bonds. The number of anilines is 4. The summed E-state index contributed by atoms with van der Waals surface area (Å²) in [6, 6.07) is 44.0. The van der Waals surface area contributed by atoms with Crippen LogP contribution in [0.4, 0.5) is 22.7 Å². The normalized spacial score (nSPS) is 19.6. The molecule has 0 fully saturated rings. The zero-order valence-electron chi connectivity index (χ0n) is 21.8. The first-order valence-electron chi connectivity index (χ1n) is 13.6. The van der Waals surface area contributed by atoms with Gasteiger partial charge in [0.1, 0.15) is 5.66 Å². The third-order valence-corrected chi connectivity index (χ3v) is 7.74. The number of benzene rings is 4. The molecule has 4 aromatic carbocycles. The van der Waals surface area contributed by atoms with Gasteiger partial charge in [0.15, 0.2) is 0 Å². The highest BCUT2D eigenvalue weighted by Crippen LogP contribution is 2.50. The number of rotatable bonds is 7. The number of para-hydroxylation sites is 4. The number of fused-ring (bicyclic) bond motifs is 2. The maximum absolute atomic E-state index is 2.51. The Morgan fingerprint density at radius 1 is 0.513 bits per heavy atom. The number of hydrogen-bond acceptors (Lipinski definition) is 3. The molecule has 189 valence electrons. The van der Waals surface area contributed by atoms with E-state index in [2.05, 4.69) is 172 Å². The van der Waals surface area contributed by atoms with E-state index in [0.29, 0.717) is 0 Å². The summed E-state index contributed by atoms with van der Waals surface area (Å²) >= 11 is 0. The van der Waals surface area contributed by atoms with E-state index in [9.17, 15) is 0 Å². The number of allylic oxidation sites excluding steroid dienone is 2. The zero-order valence-corrected chi connectivity index (χ0v) is 21.8. The molecule has 0 spiro atoms. The summed E-state index contributed by atoms with van der Waals surface area (Å²) in [7, 11) is 0. The summed E-state index contributed by atoms with van der Waals surface area (Å²) < 4.78 is 0. The van der Waals surface area contributed by atoms with Crippen molar-refractivity contribution in [3.8, 4) is 0 Å². The van der Waals surface area contributed by atoms with Crippen molar-refractivity contribution in [2.45, 2.75) is 18.5 Å². The zero-order chi connectivity index (χ0) is 26.1. The summed E-state index contributed by atoms with van der Waals surface area (Å²) in [5.74, 6) is 0. The Bertz CT molecular complexity index is 1480. The van der Waals surface area contributed by atoms with E-state index >= 15 is 0 Å². The lowest BCUT2D eigenvalue weighted by Crippen LogP contribution is -2.52. The van der Waals surface area contributed by atoms with Gasteiger partial charge in [-0.05, 0) is 73.2 Å². The van der Waals surface area contributed by atoms with E-state index < -0.39 is 0 Å². The van der Waals surface area contributed by atoms with Crippen molar-refractivity contribution in [2.75, 3.05) is 9.80 Å². The minimum atomic E-state index is -0.329. The van der Waals surface area contributed by atoms with Gasteiger partial charge in [-0.2, -0.15) is 0 Å². The largest absolute Gasteiger partial charge is 0.329 e. The quantitative estimate of drug-likeness (QED) is 0.249. The molecular formula is C36H30N3. The average molecular weight is 505 g/mol. The van der Waals surface area contributed by atoms with Crippen molar-refractivity contribution < 1.29 is 0 Å². The fourth-order valence-corrected chi connectivity index (χ4v) is 6.05. The molecule has 0 aromatic heterocycles. The van der Waals surface area contributed by atoms with E-state index in [1.807, 2.05) is 0 Å². The van der Waals surface area contributed by atoms with Crippen molar-refractivity contribution >= 4 is 22.7 Å². The molecule has 39 heavy (non-hydrogen) atoms. The van der Waals surface area contributed by atoms with Crippen molar-refractivity contribution in [1.82, 2.24) is 4.90 Å². The Hall–Kier alpha value is -4.76. The van der Waals surface area contributed by atoms with Crippen molar-refractivity contribution in [3.05, 3.63) is 175 Å². The SMILES string of the molecule is C1=CC(N2C3=CCC2(N(c2ccccc2)c2ccccc2)C=C3)=CC[C]1N(c1ccccc1)c1ccccc1. The Balaban J connectivity index is 1.24. The third-order valence-electron chi connectivity index (χ3n) is 7.74. The van der Waals surface area contributed by atoms with Crippen LogP contribution in [-0.4, -0.2) is 10.6 Å². The molecule has 1 radical (unpaired) electrons. The molecule has 3 nitrogen and oxygen atoms in total. The second kappa shape index (κ2) is 9.85. The van der Waals surface area contributed by atoms with Crippen LogP contribution in [0.2, 0.25) is 0 Å². The van der Waals surface area contributed by atoms with Crippen LogP contribution in [0.3, 0.4) is 0 Å². The summed E-state index contributed by atoms with van der Waals surface area (Å²) in [5, 5.41) is 0. The Morgan fingerprint density at radius 3 is 1.44 bits per heavy atom. The minimum Gasteiger partial charge on any atom is -0.329 e. The lowest BCUT2D eigenvalue weighted by molar-refractivity contribution is 0.287. The molecule has 1 unspecified atom stereocenters. The minimum absolute atomic E-state index is 0.329. The third kappa shape index (κ3) is 4.07. The second-order valence-corrected chi connectivity index (χ2v) is 10.1. The molecular weight excluding hydrogens is 474 g/mol.